The van der Waals surface area contributed by atoms with E-state index in [-0.39, 0.29) is 85.2 Å². The molecule has 76 heavy (non-hydrogen) atoms. The van der Waals surface area contributed by atoms with Crippen LogP contribution >= 0.6 is 0 Å². The second-order valence-electron chi connectivity index (χ2n) is 18.7. The first-order chi connectivity index (χ1) is 36.4. The van der Waals surface area contributed by atoms with E-state index in [0.717, 1.165) is 4.90 Å². The van der Waals surface area contributed by atoms with E-state index < -0.39 is 103 Å². The maximum atomic E-state index is 15.4. The normalized spacial score (nSPS) is 17.7. The van der Waals surface area contributed by atoms with Gasteiger partial charge in [0.25, 0.3) is 23.3 Å². The second kappa shape index (κ2) is 23.1. The number of hydrogen-bond acceptors (Lipinski definition) is 15. The number of aliphatic hydroxyl groups is 2. The van der Waals surface area contributed by atoms with E-state index in [0.29, 0.717) is 58.9 Å². The smallest absolute Gasteiger partial charge is 0.343 e. The largest absolute Gasteiger partial charge is 0.458 e. The summed E-state index contributed by atoms with van der Waals surface area (Å²) < 4.78 is 27.2. The van der Waals surface area contributed by atoms with Crippen LogP contribution in [0.5, 0.6) is 0 Å². The molecule has 1 aliphatic carbocycles. The minimum Gasteiger partial charge on any atom is -0.458 e. The summed E-state index contributed by atoms with van der Waals surface area (Å²) in [6.45, 7) is 0.819. The van der Waals surface area contributed by atoms with Gasteiger partial charge < -0.3 is 56.2 Å². The van der Waals surface area contributed by atoms with Crippen LogP contribution < -0.4 is 37.5 Å². The van der Waals surface area contributed by atoms with E-state index in [9.17, 15) is 58.2 Å². The molecule has 8 N–H and O–H groups in total. The highest BCUT2D eigenvalue weighted by Crippen LogP contribution is 2.46. The predicted octanol–water partition coefficient (Wildman–Crippen LogP) is -0.399. The molecule has 2 aromatic carbocycles. The van der Waals surface area contributed by atoms with E-state index >= 15 is 4.39 Å². The first-order valence-corrected chi connectivity index (χ1v) is 24.7. The van der Waals surface area contributed by atoms with Crippen LogP contribution in [0, 0.1) is 12.7 Å². The number of aliphatic hydroxyl groups excluding tert-OH is 1. The molecule has 8 rings (SSSR count). The third-order valence-corrected chi connectivity index (χ3v) is 13.9. The number of aromatic nitrogens is 2. The average Bonchev–Trinajstić information content (AvgIpc) is 4.12. The molecular formula is C52H56FN9O14. The van der Waals surface area contributed by atoms with Gasteiger partial charge in [0, 0.05) is 54.1 Å². The van der Waals surface area contributed by atoms with Crippen LogP contribution in [0.3, 0.4) is 0 Å². The lowest BCUT2D eigenvalue weighted by Gasteiger charge is -2.31. The molecule has 5 heterocycles. The molecule has 0 saturated carbocycles. The van der Waals surface area contributed by atoms with E-state index in [4.69, 9.17) is 14.5 Å². The maximum Gasteiger partial charge on any atom is 0.343 e. The number of fused-ring (bicyclic) bond motifs is 5. The molecule has 24 heteroatoms. The third-order valence-electron chi connectivity index (χ3n) is 13.9. The lowest BCUT2D eigenvalue weighted by molar-refractivity contribution is -0.172. The molecule has 4 aromatic rings. The van der Waals surface area contributed by atoms with Crippen LogP contribution in [-0.2, 0) is 84.2 Å². The number of rotatable bonds is 22. The van der Waals surface area contributed by atoms with Crippen LogP contribution in [0.15, 0.2) is 59.4 Å². The number of aryl methyl sites for hydroxylation is 1. The van der Waals surface area contributed by atoms with Crippen molar-refractivity contribution in [3.05, 3.63) is 110 Å². The topological polar surface area (TPSA) is 323 Å². The van der Waals surface area contributed by atoms with Crippen molar-refractivity contribution in [3.63, 3.8) is 0 Å². The van der Waals surface area contributed by atoms with Crippen LogP contribution in [0.4, 0.5) is 4.39 Å². The second-order valence-corrected chi connectivity index (χ2v) is 18.7. The number of hydrogen-bond donors (Lipinski definition) is 8. The zero-order valence-corrected chi connectivity index (χ0v) is 41.5. The van der Waals surface area contributed by atoms with Gasteiger partial charge in [-0.3, -0.25) is 48.1 Å². The number of benzene rings is 2. The summed E-state index contributed by atoms with van der Waals surface area (Å²) in [5.74, 6) is -6.54. The Labute approximate surface area is 432 Å². The number of pyridine rings is 2. The maximum absolute atomic E-state index is 15.4. The van der Waals surface area contributed by atoms with E-state index in [2.05, 4.69) is 31.9 Å². The van der Waals surface area contributed by atoms with Crippen molar-refractivity contribution in [1.29, 1.82) is 0 Å². The van der Waals surface area contributed by atoms with Crippen molar-refractivity contribution in [1.82, 2.24) is 46.4 Å². The minimum absolute atomic E-state index is 0.00108. The number of carbonyl (C=O) groups is 9. The summed E-state index contributed by atoms with van der Waals surface area (Å²) in [6, 6.07) is 9.42. The summed E-state index contributed by atoms with van der Waals surface area (Å²) in [5.41, 5.74) is 1.17. The van der Waals surface area contributed by atoms with Crippen LogP contribution in [0.2, 0.25) is 0 Å². The van der Waals surface area contributed by atoms with E-state index in [1.165, 1.54) is 28.9 Å². The number of cyclic esters (lactones) is 1. The summed E-state index contributed by atoms with van der Waals surface area (Å²) in [5, 5.41) is 37.7. The molecule has 0 fully saturated rings. The SMILES string of the molecule is CC[C@@]1(O)C(=O)OCc2c1cc1n(c2=O)Cc2c-1nc1cc(F)c(C)c3c1c2[C@@H](NC(=O)[C@@H](O)OCNC(=O)CNC(=O)[C@H](Cc1ccccc1)NC(=O)CNC(=O)CNC(=O)CCCCCN1C(=O)C=CC1=O)CC3. The number of unbranched alkanes of at least 4 members (excludes halogenated alkanes) is 2. The Hall–Kier alpha value is -8.22. The van der Waals surface area contributed by atoms with Gasteiger partial charge in [-0.2, -0.15) is 0 Å². The third kappa shape index (κ3) is 11.5. The zero-order chi connectivity index (χ0) is 54.4. The number of esters is 1. The molecule has 3 aliphatic heterocycles. The standard InChI is InChI=1S/C52H56FN9O14/c1-3-52(74)32-19-37-46-30(24-62(37)49(71)31(32)25-75-51(52)73)45-34(14-13-29-27(2)33(53)20-35(59-46)44(29)45)60-48(70)50(72)76-26-57-40(65)22-56-47(69)36(18-28-10-6-4-7-11-28)58-41(66)23-55-39(64)21-54-38(63)12-8-5-9-17-61-42(67)15-16-43(61)68/h4,6-7,10-11,15-16,19-20,34,36,50,72,74H,3,5,8-9,12-14,17-18,21-26H2,1-2H3,(H,54,63)(H,55,64)(H,56,69)(H,57,65)(H,58,66)(H,60,70)/t34-,36-,50-,52-/m0/s1. The van der Waals surface area contributed by atoms with Gasteiger partial charge in [0.05, 0.1) is 54.7 Å². The number of amides is 8. The van der Waals surface area contributed by atoms with Gasteiger partial charge in [-0.1, -0.05) is 43.7 Å². The molecule has 0 bridgehead atoms. The monoisotopic (exact) mass is 1050 g/mol. The summed E-state index contributed by atoms with van der Waals surface area (Å²) >= 11 is 0. The lowest BCUT2D eigenvalue weighted by Crippen LogP contribution is -2.52. The molecule has 0 unspecified atom stereocenters. The summed E-state index contributed by atoms with van der Waals surface area (Å²) in [6.07, 6.45) is 2.38. The van der Waals surface area contributed by atoms with Gasteiger partial charge in [-0.25, -0.2) is 14.2 Å². The number of carbonyl (C=O) groups excluding carboxylic acids is 9. The molecule has 0 saturated heterocycles. The van der Waals surface area contributed by atoms with Gasteiger partial charge in [-0.15, -0.1) is 0 Å². The lowest BCUT2D eigenvalue weighted by atomic mass is 9.81. The van der Waals surface area contributed by atoms with Crippen molar-refractivity contribution in [2.45, 2.75) is 102 Å². The minimum atomic E-state index is -2.11. The Balaban J connectivity index is 0.819. The van der Waals surface area contributed by atoms with Crippen molar-refractivity contribution in [2.24, 2.45) is 0 Å². The molecule has 0 spiro atoms. The van der Waals surface area contributed by atoms with E-state index in [1.807, 2.05) is 0 Å². The first kappa shape index (κ1) is 54.1. The summed E-state index contributed by atoms with van der Waals surface area (Å²) in [7, 11) is 0. The van der Waals surface area contributed by atoms with Gasteiger partial charge in [0.15, 0.2) is 5.60 Å². The van der Waals surface area contributed by atoms with Crippen molar-refractivity contribution < 1.29 is 67.2 Å². The molecule has 0 radical (unpaired) electrons. The molecule has 4 aliphatic rings. The molecule has 2 aromatic heterocycles. The molecule has 23 nitrogen and oxygen atoms in total. The van der Waals surface area contributed by atoms with Crippen molar-refractivity contribution in [2.75, 3.05) is 32.9 Å². The highest BCUT2D eigenvalue weighted by Gasteiger charge is 2.46. The quantitative estimate of drug-likeness (QED) is 0.0189. The van der Waals surface area contributed by atoms with Crippen LogP contribution in [0.25, 0.3) is 22.3 Å². The number of nitrogens with zero attached hydrogens (tertiary/aromatic N) is 3. The van der Waals surface area contributed by atoms with Gasteiger partial charge in [0.1, 0.15) is 25.2 Å². The number of ether oxygens (including phenoxy) is 2. The Bertz CT molecular complexity index is 3130. The number of imide groups is 1. The molecule has 8 amide bonds. The fourth-order valence-corrected chi connectivity index (χ4v) is 9.77. The van der Waals surface area contributed by atoms with Gasteiger partial charge >= 0.3 is 5.97 Å². The zero-order valence-electron chi connectivity index (χ0n) is 41.5. The summed E-state index contributed by atoms with van der Waals surface area (Å²) in [4.78, 5) is 133. The fourth-order valence-electron chi connectivity index (χ4n) is 9.77. The Morgan fingerprint density at radius 3 is 2.30 bits per heavy atom. The Morgan fingerprint density at radius 2 is 1.57 bits per heavy atom. The van der Waals surface area contributed by atoms with Gasteiger partial charge in [0.2, 0.25) is 35.8 Å². The van der Waals surface area contributed by atoms with Gasteiger partial charge in [-0.05, 0) is 67.3 Å². The molecule has 400 valence electrons. The van der Waals surface area contributed by atoms with Crippen LogP contribution in [-0.4, -0.2) is 123 Å². The first-order valence-electron chi connectivity index (χ1n) is 24.7. The molecular weight excluding hydrogens is 994 g/mol. The Kier molecular flexibility index (Phi) is 16.4. The molecule has 4 atom stereocenters. The fraction of sp³-hybridized carbons (Fsp3) is 0.404. The number of halogens is 1. The highest BCUT2D eigenvalue weighted by molar-refractivity contribution is 6.12. The van der Waals surface area contributed by atoms with Crippen molar-refractivity contribution >= 4 is 64.1 Å². The van der Waals surface area contributed by atoms with Crippen molar-refractivity contribution in [3.8, 4) is 11.4 Å². The number of nitrogens with one attached hydrogen (secondary N) is 6. The van der Waals surface area contributed by atoms with E-state index in [1.54, 1.807) is 44.2 Å². The average molecular weight is 1050 g/mol. The Morgan fingerprint density at radius 1 is 0.868 bits per heavy atom. The van der Waals surface area contributed by atoms with Crippen LogP contribution in [0.1, 0.15) is 90.4 Å². The predicted molar refractivity (Wildman–Crippen MR) is 264 cm³/mol. The highest BCUT2D eigenvalue weighted by atomic mass is 19.1.